The third kappa shape index (κ3) is 3.17. The van der Waals surface area contributed by atoms with Gasteiger partial charge in [0.15, 0.2) is 5.69 Å². The number of fused-ring (bicyclic) bond motifs is 1. The second-order valence-corrected chi connectivity index (χ2v) is 8.18. The first-order valence-corrected chi connectivity index (χ1v) is 10.1. The maximum Gasteiger partial charge on any atom is 0.275 e. The lowest BCUT2D eigenvalue weighted by Gasteiger charge is -2.38. The van der Waals surface area contributed by atoms with E-state index in [4.69, 9.17) is 4.74 Å². The molecule has 1 N–H and O–H groups in total. The minimum absolute atomic E-state index is 0.0114. The summed E-state index contributed by atoms with van der Waals surface area (Å²) in [6.07, 6.45) is 6.36. The number of likely N-dealkylation sites (tertiary alicyclic amines) is 1. The molecule has 0 saturated carbocycles. The molecule has 2 aliphatic heterocycles. The first-order valence-electron chi connectivity index (χ1n) is 10.1. The van der Waals surface area contributed by atoms with Crippen LogP contribution in [0.5, 0.6) is 0 Å². The Hall–Kier alpha value is -2.87. The minimum atomic E-state index is -0.147. The molecule has 1 aromatic carbocycles. The van der Waals surface area contributed by atoms with Gasteiger partial charge >= 0.3 is 0 Å². The average Bonchev–Trinajstić information content (AvgIpc) is 3.41. The number of aryl methyl sites for hydroxylation is 2. The molecule has 1 amide bonds. The van der Waals surface area contributed by atoms with Gasteiger partial charge in [-0.2, -0.15) is 5.10 Å². The number of imidazole rings is 1. The Morgan fingerprint density at radius 1 is 1.24 bits per heavy atom. The molecule has 2 fully saturated rings. The number of carbonyl (C=O) groups excluding carboxylic acids is 1. The van der Waals surface area contributed by atoms with Gasteiger partial charge < -0.3 is 19.5 Å². The molecule has 2 saturated heterocycles. The van der Waals surface area contributed by atoms with Gasteiger partial charge in [-0.3, -0.25) is 9.48 Å². The summed E-state index contributed by atoms with van der Waals surface area (Å²) >= 11 is 0. The van der Waals surface area contributed by atoms with Crippen molar-refractivity contribution in [2.24, 2.45) is 14.1 Å². The van der Waals surface area contributed by atoms with E-state index in [1.54, 1.807) is 10.9 Å². The number of carbonyl (C=O) groups is 1. The van der Waals surface area contributed by atoms with Crippen LogP contribution in [0.25, 0.3) is 10.9 Å². The van der Waals surface area contributed by atoms with Gasteiger partial charge in [-0.15, -0.1) is 0 Å². The predicted molar refractivity (Wildman–Crippen MR) is 110 cm³/mol. The lowest BCUT2D eigenvalue weighted by atomic mass is 9.87. The minimum Gasteiger partial charge on any atom is -0.373 e. The number of rotatable bonds is 3. The number of benzene rings is 1. The van der Waals surface area contributed by atoms with Crippen LogP contribution in [0.2, 0.25) is 0 Å². The molecule has 5 rings (SSSR count). The maximum absolute atomic E-state index is 13.1. The Morgan fingerprint density at radius 2 is 2.03 bits per heavy atom. The summed E-state index contributed by atoms with van der Waals surface area (Å²) < 4.78 is 9.99. The number of piperidine rings is 1. The third-order valence-electron chi connectivity index (χ3n) is 6.29. The van der Waals surface area contributed by atoms with Crippen LogP contribution >= 0.6 is 0 Å². The standard InChI is InChI=1S/C21H26N6O2/c1-25-12-9-22-20(25)23-15-13-21(29-14-15)7-10-27(11-8-21)19(28)18-16-5-3-4-6-17(16)26(2)24-18/h3-6,9,12,15H,7-8,10-11,13-14H2,1-2H3,(H,22,23). The number of nitrogens with one attached hydrogen (secondary N) is 1. The Balaban J connectivity index is 1.24. The molecule has 2 aromatic heterocycles. The van der Waals surface area contributed by atoms with Crippen LogP contribution in [0.1, 0.15) is 29.8 Å². The summed E-state index contributed by atoms with van der Waals surface area (Å²) in [6.45, 7) is 2.06. The number of hydrogen-bond donors (Lipinski definition) is 1. The molecule has 4 heterocycles. The Morgan fingerprint density at radius 3 is 2.79 bits per heavy atom. The van der Waals surface area contributed by atoms with Gasteiger partial charge in [-0.05, 0) is 25.3 Å². The molecule has 2 aliphatic rings. The van der Waals surface area contributed by atoms with Gasteiger partial charge in [-0.25, -0.2) is 4.98 Å². The summed E-state index contributed by atoms with van der Waals surface area (Å²) in [7, 11) is 3.86. The van der Waals surface area contributed by atoms with E-state index >= 15 is 0 Å². The van der Waals surface area contributed by atoms with Crippen molar-refractivity contribution in [3.8, 4) is 0 Å². The fourth-order valence-electron chi connectivity index (χ4n) is 4.61. The first-order chi connectivity index (χ1) is 14.0. The molecule has 8 heteroatoms. The van der Waals surface area contributed by atoms with Gasteiger partial charge in [0, 0.05) is 45.0 Å². The summed E-state index contributed by atoms with van der Waals surface area (Å²) in [5, 5.41) is 8.88. The van der Waals surface area contributed by atoms with Crippen LogP contribution < -0.4 is 5.32 Å². The quantitative estimate of drug-likeness (QED) is 0.737. The van der Waals surface area contributed by atoms with Gasteiger partial charge in [-0.1, -0.05) is 18.2 Å². The van der Waals surface area contributed by atoms with Crippen LogP contribution in [0.15, 0.2) is 36.7 Å². The molecule has 3 aromatic rings. The van der Waals surface area contributed by atoms with E-state index in [2.05, 4.69) is 15.4 Å². The van der Waals surface area contributed by atoms with Crippen LogP contribution in [0.3, 0.4) is 0 Å². The van der Waals surface area contributed by atoms with Crippen molar-refractivity contribution < 1.29 is 9.53 Å². The molecule has 152 valence electrons. The maximum atomic E-state index is 13.1. The molecule has 1 spiro atoms. The summed E-state index contributed by atoms with van der Waals surface area (Å²) in [5.41, 5.74) is 1.37. The van der Waals surface area contributed by atoms with E-state index in [9.17, 15) is 4.79 Å². The predicted octanol–water partition coefficient (Wildman–Crippen LogP) is 2.18. The molecule has 1 unspecified atom stereocenters. The van der Waals surface area contributed by atoms with Crippen LogP contribution in [0, 0.1) is 0 Å². The highest BCUT2D eigenvalue weighted by Gasteiger charge is 2.44. The Kier molecular flexibility index (Phi) is 4.31. The van der Waals surface area contributed by atoms with Gasteiger partial charge in [0.1, 0.15) is 0 Å². The molecule has 0 aliphatic carbocycles. The largest absolute Gasteiger partial charge is 0.373 e. The van der Waals surface area contributed by atoms with E-state index in [0.717, 1.165) is 36.1 Å². The zero-order valence-electron chi connectivity index (χ0n) is 16.8. The second-order valence-electron chi connectivity index (χ2n) is 8.18. The number of amides is 1. The summed E-state index contributed by atoms with van der Waals surface area (Å²) in [4.78, 5) is 19.4. The van der Waals surface area contributed by atoms with Crippen molar-refractivity contribution in [3.05, 3.63) is 42.4 Å². The van der Waals surface area contributed by atoms with Gasteiger partial charge in [0.05, 0.1) is 23.8 Å². The van der Waals surface area contributed by atoms with Crippen molar-refractivity contribution in [2.75, 3.05) is 25.0 Å². The number of aromatic nitrogens is 4. The van der Waals surface area contributed by atoms with E-state index < -0.39 is 0 Å². The number of para-hydroxylation sites is 1. The molecule has 0 bridgehead atoms. The summed E-state index contributed by atoms with van der Waals surface area (Å²) in [5.74, 6) is 0.877. The monoisotopic (exact) mass is 394 g/mol. The molecular weight excluding hydrogens is 368 g/mol. The van der Waals surface area contributed by atoms with Crippen molar-refractivity contribution in [3.63, 3.8) is 0 Å². The zero-order valence-corrected chi connectivity index (χ0v) is 16.8. The molecule has 0 radical (unpaired) electrons. The normalized spacial score (nSPS) is 21.2. The number of hydrogen-bond acceptors (Lipinski definition) is 5. The second kappa shape index (κ2) is 6.88. The molecule has 29 heavy (non-hydrogen) atoms. The van der Waals surface area contributed by atoms with Crippen molar-refractivity contribution in [1.29, 1.82) is 0 Å². The SMILES string of the molecule is Cn1ccnc1NC1COC2(CCN(C(=O)c3nn(C)c4ccccc34)CC2)C1. The highest BCUT2D eigenvalue weighted by atomic mass is 16.5. The fourth-order valence-corrected chi connectivity index (χ4v) is 4.61. The van der Waals surface area contributed by atoms with E-state index in [-0.39, 0.29) is 17.6 Å². The molecule has 1 atom stereocenters. The van der Waals surface area contributed by atoms with E-state index in [1.165, 1.54) is 0 Å². The lowest BCUT2D eigenvalue weighted by Crippen LogP contribution is -2.46. The Labute approximate surface area is 169 Å². The van der Waals surface area contributed by atoms with Crippen LogP contribution in [0.4, 0.5) is 5.95 Å². The lowest BCUT2D eigenvalue weighted by molar-refractivity contribution is -0.0388. The highest BCUT2D eigenvalue weighted by Crippen LogP contribution is 2.37. The van der Waals surface area contributed by atoms with Crippen LogP contribution in [-0.4, -0.2) is 61.5 Å². The smallest absolute Gasteiger partial charge is 0.275 e. The number of ether oxygens (including phenoxy) is 1. The Bertz CT molecular complexity index is 1050. The van der Waals surface area contributed by atoms with Gasteiger partial charge in [0.2, 0.25) is 5.95 Å². The molecular formula is C21H26N6O2. The fraction of sp³-hybridized carbons (Fsp3) is 0.476. The molecule has 8 nitrogen and oxygen atoms in total. The summed E-state index contributed by atoms with van der Waals surface area (Å²) in [6, 6.07) is 8.13. The van der Waals surface area contributed by atoms with Crippen LogP contribution in [-0.2, 0) is 18.8 Å². The third-order valence-corrected chi connectivity index (χ3v) is 6.29. The zero-order chi connectivity index (χ0) is 20.0. The van der Waals surface area contributed by atoms with Gasteiger partial charge in [0.25, 0.3) is 5.91 Å². The first kappa shape index (κ1) is 18.2. The average molecular weight is 394 g/mol. The highest BCUT2D eigenvalue weighted by molar-refractivity contribution is 6.04. The van der Waals surface area contributed by atoms with Crippen molar-refractivity contribution in [1.82, 2.24) is 24.2 Å². The topological polar surface area (TPSA) is 77.2 Å². The number of anilines is 1. The van der Waals surface area contributed by atoms with Crippen molar-refractivity contribution in [2.45, 2.75) is 30.9 Å². The van der Waals surface area contributed by atoms with E-state index in [1.807, 2.05) is 54.0 Å². The van der Waals surface area contributed by atoms with Crippen molar-refractivity contribution >= 4 is 22.8 Å². The number of nitrogens with zero attached hydrogens (tertiary/aromatic N) is 5. The van der Waals surface area contributed by atoms with E-state index in [0.29, 0.717) is 25.4 Å².